The Morgan fingerprint density at radius 3 is 2.29 bits per heavy atom. The molecule has 0 bridgehead atoms. The number of nitrogens with one attached hydrogen (secondary N) is 1. The maximum absolute atomic E-state index is 12.5. The second kappa shape index (κ2) is 10.2. The van der Waals surface area contributed by atoms with Crippen LogP contribution in [0.4, 0.5) is 5.69 Å². The minimum atomic E-state index is -0.109. The molecule has 1 aliphatic heterocycles. The molecule has 1 saturated heterocycles. The molecule has 0 unspecified atom stereocenters. The number of benzene rings is 3. The average molecular weight is 454 g/mol. The van der Waals surface area contributed by atoms with Gasteiger partial charge < -0.3 is 14.8 Å². The molecule has 0 spiro atoms. The van der Waals surface area contributed by atoms with Gasteiger partial charge in [0.05, 0.1) is 11.0 Å². The van der Waals surface area contributed by atoms with Gasteiger partial charge in [-0.2, -0.15) is 0 Å². The fourth-order valence-electron chi connectivity index (χ4n) is 4.61. The quantitative estimate of drug-likeness (QED) is 0.456. The number of piperazine rings is 1. The summed E-state index contributed by atoms with van der Waals surface area (Å²) in [4.78, 5) is 22.4. The lowest BCUT2D eigenvalue weighted by Crippen LogP contribution is -2.46. The van der Waals surface area contributed by atoms with Crippen LogP contribution in [0.3, 0.4) is 0 Å². The summed E-state index contributed by atoms with van der Waals surface area (Å²) in [5.41, 5.74) is 4.79. The van der Waals surface area contributed by atoms with E-state index in [0.717, 1.165) is 68.2 Å². The van der Waals surface area contributed by atoms with E-state index in [2.05, 4.69) is 57.1 Å². The van der Waals surface area contributed by atoms with Gasteiger partial charge in [-0.3, -0.25) is 9.69 Å². The van der Waals surface area contributed by atoms with Crippen LogP contribution in [0.2, 0.25) is 0 Å². The molecule has 1 fully saturated rings. The molecular formula is C28H31N5O. The van der Waals surface area contributed by atoms with Gasteiger partial charge in [0, 0.05) is 64.0 Å². The summed E-state index contributed by atoms with van der Waals surface area (Å²) < 4.78 is 2.17. The summed E-state index contributed by atoms with van der Waals surface area (Å²) in [5, 5.41) is 2.98. The Balaban J connectivity index is 1.17. The molecule has 6 nitrogen and oxygen atoms in total. The maximum Gasteiger partial charge on any atom is 0.255 e. The van der Waals surface area contributed by atoms with Crippen LogP contribution in [-0.2, 0) is 20.0 Å². The van der Waals surface area contributed by atoms with E-state index in [1.807, 2.05) is 48.5 Å². The topological polar surface area (TPSA) is 53.4 Å². The van der Waals surface area contributed by atoms with E-state index in [9.17, 15) is 4.79 Å². The van der Waals surface area contributed by atoms with Gasteiger partial charge in [-0.1, -0.05) is 48.5 Å². The molecule has 2 heterocycles. The summed E-state index contributed by atoms with van der Waals surface area (Å²) in [6.45, 7) is 6.42. The second-order valence-electron chi connectivity index (χ2n) is 8.96. The predicted octanol–water partition coefficient (Wildman–Crippen LogP) is 4.19. The van der Waals surface area contributed by atoms with E-state index < -0.39 is 0 Å². The van der Waals surface area contributed by atoms with E-state index in [1.165, 1.54) is 5.56 Å². The number of rotatable bonds is 7. The van der Waals surface area contributed by atoms with E-state index >= 15 is 0 Å². The molecule has 0 radical (unpaired) electrons. The van der Waals surface area contributed by atoms with E-state index in [4.69, 9.17) is 4.98 Å². The molecular weight excluding hydrogens is 422 g/mol. The molecule has 4 aromatic rings. The molecule has 1 N–H and O–H groups in total. The van der Waals surface area contributed by atoms with Gasteiger partial charge in [0.25, 0.3) is 5.91 Å². The number of amides is 1. The van der Waals surface area contributed by atoms with Gasteiger partial charge >= 0.3 is 0 Å². The van der Waals surface area contributed by atoms with Crippen LogP contribution >= 0.6 is 0 Å². The van der Waals surface area contributed by atoms with Crippen molar-refractivity contribution in [2.45, 2.75) is 13.0 Å². The minimum Gasteiger partial charge on any atom is -0.331 e. The highest BCUT2D eigenvalue weighted by Gasteiger charge is 2.18. The van der Waals surface area contributed by atoms with Crippen molar-refractivity contribution in [1.29, 1.82) is 0 Å². The molecule has 1 aliphatic rings. The van der Waals surface area contributed by atoms with Crippen LogP contribution < -0.4 is 5.32 Å². The second-order valence-corrected chi connectivity index (χ2v) is 8.96. The van der Waals surface area contributed by atoms with Crippen molar-refractivity contribution in [3.05, 3.63) is 95.8 Å². The fraction of sp³-hybridized carbons (Fsp3) is 0.286. The lowest BCUT2D eigenvalue weighted by atomic mass is 10.2. The maximum atomic E-state index is 12.5. The zero-order chi connectivity index (χ0) is 23.3. The lowest BCUT2D eigenvalue weighted by molar-refractivity contribution is 0.102. The van der Waals surface area contributed by atoms with Crippen LogP contribution in [0.15, 0.2) is 78.9 Å². The Labute approximate surface area is 200 Å². The van der Waals surface area contributed by atoms with Gasteiger partial charge in [-0.15, -0.1) is 0 Å². The lowest BCUT2D eigenvalue weighted by Gasteiger charge is -2.34. The third-order valence-corrected chi connectivity index (χ3v) is 6.63. The Kier molecular flexibility index (Phi) is 6.70. The first-order chi connectivity index (χ1) is 16.7. The summed E-state index contributed by atoms with van der Waals surface area (Å²) in [5.74, 6) is 0.968. The SMILES string of the molecule is Cn1c(CCN2CCN(Cc3ccccc3)CC2)nc2cc(NC(=O)c3ccccc3)ccc21. The van der Waals surface area contributed by atoms with Gasteiger partial charge in [0.2, 0.25) is 0 Å². The van der Waals surface area contributed by atoms with Gasteiger partial charge in [-0.25, -0.2) is 4.98 Å². The predicted molar refractivity (Wildman–Crippen MR) is 137 cm³/mol. The normalized spacial score (nSPS) is 15.0. The number of anilines is 1. The molecule has 0 aliphatic carbocycles. The highest BCUT2D eigenvalue weighted by molar-refractivity contribution is 6.04. The van der Waals surface area contributed by atoms with E-state index in [0.29, 0.717) is 5.56 Å². The number of fused-ring (bicyclic) bond motifs is 1. The van der Waals surface area contributed by atoms with Crippen molar-refractivity contribution in [2.75, 3.05) is 38.0 Å². The largest absolute Gasteiger partial charge is 0.331 e. The highest BCUT2D eigenvalue weighted by Crippen LogP contribution is 2.21. The molecule has 6 heteroatoms. The first-order valence-corrected chi connectivity index (χ1v) is 12.0. The Bertz CT molecular complexity index is 1240. The van der Waals surface area contributed by atoms with Crippen molar-refractivity contribution in [1.82, 2.24) is 19.4 Å². The van der Waals surface area contributed by atoms with Crippen LogP contribution in [-0.4, -0.2) is 58.0 Å². The first kappa shape index (κ1) is 22.3. The van der Waals surface area contributed by atoms with E-state index in [-0.39, 0.29) is 5.91 Å². The van der Waals surface area contributed by atoms with Crippen molar-refractivity contribution in [3.63, 3.8) is 0 Å². The number of imidazole rings is 1. The standard InChI is InChI=1S/C28H31N5O/c1-31-26-13-12-24(29-28(34)23-10-6-3-7-11-23)20-25(26)30-27(31)14-15-32-16-18-33(19-17-32)21-22-8-4-2-5-9-22/h2-13,20H,14-19,21H2,1H3,(H,29,34). The van der Waals surface area contributed by atoms with Crippen LogP contribution in [0, 0.1) is 0 Å². The zero-order valence-electron chi connectivity index (χ0n) is 19.7. The van der Waals surface area contributed by atoms with Crippen molar-refractivity contribution < 1.29 is 4.79 Å². The molecule has 1 aromatic heterocycles. The molecule has 5 rings (SSSR count). The van der Waals surface area contributed by atoms with Crippen molar-refractivity contribution in [3.8, 4) is 0 Å². The van der Waals surface area contributed by atoms with Crippen molar-refractivity contribution >= 4 is 22.6 Å². The number of nitrogens with zero attached hydrogens (tertiary/aromatic N) is 4. The number of aryl methyl sites for hydroxylation is 1. The molecule has 3 aromatic carbocycles. The number of carbonyl (C=O) groups is 1. The third kappa shape index (κ3) is 5.19. The Morgan fingerprint density at radius 2 is 1.56 bits per heavy atom. The smallest absolute Gasteiger partial charge is 0.255 e. The third-order valence-electron chi connectivity index (χ3n) is 6.63. The van der Waals surface area contributed by atoms with Crippen molar-refractivity contribution in [2.24, 2.45) is 7.05 Å². The monoisotopic (exact) mass is 453 g/mol. The summed E-state index contributed by atoms with van der Waals surface area (Å²) in [6, 6.07) is 25.9. The minimum absolute atomic E-state index is 0.109. The van der Waals surface area contributed by atoms with Gasteiger partial charge in [-0.05, 0) is 35.9 Å². The average Bonchev–Trinajstić information content (AvgIpc) is 3.19. The van der Waals surface area contributed by atoms with Gasteiger partial charge in [0.1, 0.15) is 5.82 Å². The molecule has 0 atom stereocenters. The molecule has 0 saturated carbocycles. The fourth-order valence-corrected chi connectivity index (χ4v) is 4.61. The molecule has 1 amide bonds. The number of carbonyl (C=O) groups excluding carboxylic acids is 1. The number of hydrogen-bond donors (Lipinski definition) is 1. The van der Waals surface area contributed by atoms with E-state index in [1.54, 1.807) is 0 Å². The highest BCUT2D eigenvalue weighted by atomic mass is 16.1. The summed E-state index contributed by atoms with van der Waals surface area (Å²) in [6.07, 6.45) is 0.912. The Morgan fingerprint density at radius 1 is 0.882 bits per heavy atom. The summed E-state index contributed by atoms with van der Waals surface area (Å²) >= 11 is 0. The molecule has 34 heavy (non-hydrogen) atoms. The van der Waals surface area contributed by atoms with Gasteiger partial charge in [0.15, 0.2) is 0 Å². The first-order valence-electron chi connectivity index (χ1n) is 12.0. The Hall–Kier alpha value is -3.48. The summed E-state index contributed by atoms with van der Waals surface area (Å²) in [7, 11) is 2.07. The number of hydrogen-bond acceptors (Lipinski definition) is 4. The van der Waals surface area contributed by atoms with Crippen LogP contribution in [0.1, 0.15) is 21.7 Å². The zero-order valence-corrected chi connectivity index (χ0v) is 19.7. The van der Waals surface area contributed by atoms with Crippen LogP contribution in [0.5, 0.6) is 0 Å². The number of aromatic nitrogens is 2. The molecule has 174 valence electrons. The van der Waals surface area contributed by atoms with Crippen LogP contribution in [0.25, 0.3) is 11.0 Å².